The first-order valence-electron chi connectivity index (χ1n) is 10.6. The molecule has 2 fully saturated rings. The zero-order valence-corrected chi connectivity index (χ0v) is 17.1. The quantitative estimate of drug-likeness (QED) is 0.652. The fraction of sp³-hybridized carbons (Fsp3) is 0.391. The lowest BCUT2D eigenvalue weighted by Gasteiger charge is -2.36. The number of likely N-dealkylation sites (tertiary alicyclic amines) is 1. The zero-order chi connectivity index (χ0) is 20.3. The van der Waals surface area contributed by atoms with Crippen molar-refractivity contribution in [1.82, 2.24) is 25.7 Å². The molecule has 2 aromatic heterocycles. The van der Waals surface area contributed by atoms with E-state index in [4.69, 9.17) is 9.15 Å². The average molecular weight is 406 g/mol. The van der Waals surface area contributed by atoms with Gasteiger partial charge in [0.15, 0.2) is 11.6 Å². The average Bonchev–Trinajstić information content (AvgIpc) is 3.45. The summed E-state index contributed by atoms with van der Waals surface area (Å²) in [7, 11) is 0. The van der Waals surface area contributed by atoms with Crippen molar-refractivity contribution in [1.29, 1.82) is 0 Å². The third kappa shape index (κ3) is 3.84. The summed E-state index contributed by atoms with van der Waals surface area (Å²) >= 11 is 0. The van der Waals surface area contributed by atoms with Crippen LogP contribution in [0.1, 0.15) is 30.5 Å². The monoisotopic (exact) mass is 405 g/mol. The molecule has 7 nitrogen and oxygen atoms in total. The van der Waals surface area contributed by atoms with Gasteiger partial charge in [0.2, 0.25) is 0 Å². The van der Waals surface area contributed by atoms with Crippen LogP contribution in [0.4, 0.5) is 0 Å². The van der Waals surface area contributed by atoms with E-state index < -0.39 is 0 Å². The number of aromatic nitrogens is 2. The minimum atomic E-state index is 0.234. The number of nitrogens with zero attached hydrogens (tertiary/aromatic N) is 3. The van der Waals surface area contributed by atoms with Gasteiger partial charge in [-0.05, 0) is 31.5 Å². The summed E-state index contributed by atoms with van der Waals surface area (Å²) in [5.74, 6) is 2.77. The third-order valence-corrected chi connectivity index (χ3v) is 6.00. The number of furan rings is 1. The highest BCUT2D eigenvalue weighted by molar-refractivity contribution is 5.45. The van der Waals surface area contributed by atoms with Crippen molar-refractivity contribution in [2.75, 3.05) is 19.7 Å². The van der Waals surface area contributed by atoms with E-state index in [0.717, 1.165) is 37.4 Å². The van der Waals surface area contributed by atoms with Gasteiger partial charge in [0.05, 0.1) is 18.9 Å². The number of nitrogens with one attached hydrogen (secondary N) is 2. The molecular weight excluding hydrogens is 378 g/mol. The second-order valence-corrected chi connectivity index (χ2v) is 7.92. The number of para-hydroxylation sites is 1. The van der Waals surface area contributed by atoms with Crippen molar-refractivity contribution in [3.8, 4) is 17.3 Å². The number of piperidine rings is 1. The van der Waals surface area contributed by atoms with Gasteiger partial charge in [-0.15, -0.1) is 0 Å². The first-order chi connectivity index (χ1) is 14.8. The Kier molecular flexibility index (Phi) is 5.48. The molecule has 0 bridgehead atoms. The van der Waals surface area contributed by atoms with E-state index in [1.54, 1.807) is 6.26 Å². The molecule has 5 rings (SSSR count). The molecule has 2 aliphatic rings. The minimum Gasteiger partial charge on any atom is -0.494 e. The van der Waals surface area contributed by atoms with Gasteiger partial charge < -0.3 is 9.15 Å². The van der Waals surface area contributed by atoms with Crippen LogP contribution >= 0.6 is 0 Å². The molecule has 7 heteroatoms. The van der Waals surface area contributed by atoms with Gasteiger partial charge in [0, 0.05) is 55.1 Å². The fourth-order valence-corrected chi connectivity index (χ4v) is 4.58. The normalized spacial score (nSPS) is 24.0. The molecule has 0 aliphatic carbocycles. The third-order valence-electron chi connectivity index (χ3n) is 6.00. The van der Waals surface area contributed by atoms with Crippen molar-refractivity contribution in [3.05, 3.63) is 66.2 Å². The Morgan fingerprint density at radius 3 is 2.80 bits per heavy atom. The highest BCUT2D eigenvalue weighted by Gasteiger charge is 2.41. The second kappa shape index (κ2) is 8.55. The number of rotatable bonds is 6. The lowest BCUT2D eigenvalue weighted by molar-refractivity contribution is 0.147. The summed E-state index contributed by atoms with van der Waals surface area (Å²) in [6.45, 7) is 5.61. The molecule has 2 saturated heterocycles. The molecule has 2 aliphatic heterocycles. The van der Waals surface area contributed by atoms with E-state index in [1.165, 1.54) is 5.56 Å². The Labute approximate surface area is 176 Å². The molecular formula is C23H27N5O2. The summed E-state index contributed by atoms with van der Waals surface area (Å²) in [6, 6.07) is 12.8. The molecule has 156 valence electrons. The fourth-order valence-electron chi connectivity index (χ4n) is 4.58. The maximum atomic E-state index is 5.89. The van der Waals surface area contributed by atoms with Crippen molar-refractivity contribution in [3.63, 3.8) is 0 Å². The predicted molar refractivity (Wildman–Crippen MR) is 114 cm³/mol. The van der Waals surface area contributed by atoms with E-state index in [2.05, 4.69) is 43.9 Å². The molecule has 2 N–H and O–H groups in total. The summed E-state index contributed by atoms with van der Waals surface area (Å²) in [5.41, 5.74) is 9.39. The Hall–Kier alpha value is -2.74. The first-order valence-corrected chi connectivity index (χ1v) is 10.6. The molecule has 3 unspecified atom stereocenters. The van der Waals surface area contributed by atoms with E-state index in [1.807, 2.05) is 37.5 Å². The van der Waals surface area contributed by atoms with E-state index in [9.17, 15) is 0 Å². The van der Waals surface area contributed by atoms with Gasteiger partial charge in [-0.3, -0.25) is 10.3 Å². The van der Waals surface area contributed by atoms with Crippen molar-refractivity contribution in [2.24, 2.45) is 5.92 Å². The second-order valence-electron chi connectivity index (χ2n) is 7.92. The van der Waals surface area contributed by atoms with E-state index >= 15 is 0 Å². The first kappa shape index (κ1) is 19.2. The highest BCUT2D eigenvalue weighted by atomic mass is 16.5. The number of hydrogen-bond donors (Lipinski definition) is 2. The Balaban J connectivity index is 1.28. The van der Waals surface area contributed by atoms with Crippen molar-refractivity contribution in [2.45, 2.75) is 32.0 Å². The molecule has 0 saturated carbocycles. The van der Waals surface area contributed by atoms with Gasteiger partial charge in [-0.2, -0.15) is 0 Å². The lowest BCUT2D eigenvalue weighted by atomic mass is 9.84. The number of benzene rings is 1. The summed E-state index contributed by atoms with van der Waals surface area (Å²) in [6.07, 6.45) is 6.56. The molecule has 0 radical (unpaired) electrons. The Morgan fingerprint density at radius 2 is 2.00 bits per heavy atom. The Morgan fingerprint density at radius 1 is 1.13 bits per heavy atom. The number of hydrogen-bond acceptors (Lipinski definition) is 7. The Bertz CT molecular complexity index is 960. The molecule has 3 aromatic rings. The van der Waals surface area contributed by atoms with Crippen LogP contribution in [0.25, 0.3) is 11.6 Å². The smallest absolute Gasteiger partial charge is 0.195 e. The molecule has 4 heterocycles. The van der Waals surface area contributed by atoms with Gasteiger partial charge in [0.25, 0.3) is 0 Å². The van der Waals surface area contributed by atoms with Crippen LogP contribution in [0.2, 0.25) is 0 Å². The standard InChI is InChI=1S/C23H27N5O2/c1-2-29-20-7-4-3-6-17(20)22-18-15-28(10-9-19(18)26-27-22)14-16-12-24-23(25-13-16)21-8-5-11-30-21/h3-8,11-13,18-19,22,26-27H,2,9-10,14-15H2,1H3. The van der Waals surface area contributed by atoms with E-state index in [-0.39, 0.29) is 6.04 Å². The van der Waals surface area contributed by atoms with Gasteiger partial charge >= 0.3 is 0 Å². The SMILES string of the molecule is CCOc1ccccc1C1NNC2CCN(Cc3cnc(-c4ccco4)nc3)CC21. The van der Waals surface area contributed by atoms with Crippen LogP contribution in [0.5, 0.6) is 5.75 Å². The number of hydrazine groups is 1. The van der Waals surface area contributed by atoms with Crippen LogP contribution in [0.3, 0.4) is 0 Å². The lowest BCUT2D eigenvalue weighted by Crippen LogP contribution is -2.45. The largest absolute Gasteiger partial charge is 0.494 e. The molecule has 0 amide bonds. The maximum absolute atomic E-state index is 5.89. The number of fused-ring (bicyclic) bond motifs is 1. The van der Waals surface area contributed by atoms with Gasteiger partial charge in [0.1, 0.15) is 5.75 Å². The molecule has 3 atom stereocenters. The van der Waals surface area contributed by atoms with Gasteiger partial charge in [-0.25, -0.2) is 15.4 Å². The van der Waals surface area contributed by atoms with Gasteiger partial charge in [-0.1, -0.05) is 18.2 Å². The number of ether oxygens (including phenoxy) is 1. The van der Waals surface area contributed by atoms with Crippen LogP contribution in [-0.4, -0.2) is 40.6 Å². The van der Waals surface area contributed by atoms with Crippen LogP contribution < -0.4 is 15.6 Å². The summed E-state index contributed by atoms with van der Waals surface area (Å²) in [5, 5.41) is 0. The van der Waals surface area contributed by atoms with Crippen LogP contribution in [-0.2, 0) is 6.54 Å². The summed E-state index contributed by atoms with van der Waals surface area (Å²) < 4.78 is 11.3. The molecule has 30 heavy (non-hydrogen) atoms. The molecule has 0 spiro atoms. The van der Waals surface area contributed by atoms with Crippen LogP contribution in [0.15, 0.2) is 59.5 Å². The molecule has 1 aromatic carbocycles. The topological polar surface area (TPSA) is 75.5 Å². The predicted octanol–water partition coefficient (Wildman–Crippen LogP) is 3.17. The van der Waals surface area contributed by atoms with Crippen molar-refractivity contribution < 1.29 is 9.15 Å². The van der Waals surface area contributed by atoms with E-state index in [0.29, 0.717) is 30.2 Å². The highest BCUT2D eigenvalue weighted by Crippen LogP contribution is 2.37. The maximum Gasteiger partial charge on any atom is 0.195 e. The van der Waals surface area contributed by atoms with Crippen molar-refractivity contribution >= 4 is 0 Å². The zero-order valence-electron chi connectivity index (χ0n) is 17.1. The van der Waals surface area contributed by atoms with Crippen LogP contribution in [0, 0.1) is 5.92 Å². The minimum absolute atomic E-state index is 0.234. The summed E-state index contributed by atoms with van der Waals surface area (Å²) in [4.78, 5) is 11.4.